The Labute approximate surface area is 66.8 Å². The number of aliphatic imine (C=N–C) groups is 1. The highest BCUT2D eigenvalue weighted by Crippen LogP contribution is 2.31. The molecule has 0 unspecified atom stereocenters. The van der Waals surface area contributed by atoms with Crippen molar-refractivity contribution in [1.82, 2.24) is 4.57 Å². The van der Waals surface area contributed by atoms with Gasteiger partial charge in [0, 0.05) is 11.9 Å². The van der Waals surface area contributed by atoms with Gasteiger partial charge in [0.05, 0.1) is 6.54 Å². The van der Waals surface area contributed by atoms with Crippen molar-refractivity contribution in [3.05, 3.63) is 0 Å². The van der Waals surface area contributed by atoms with Gasteiger partial charge in [-0.3, -0.25) is 4.99 Å². The zero-order chi connectivity index (χ0) is 7.19. The SMILES string of the molecule is C[Si]1(C)CSC2=NCCN21. The second-order valence-electron chi connectivity index (χ2n) is 3.42. The molecule has 0 radical (unpaired) electrons. The van der Waals surface area contributed by atoms with E-state index < -0.39 is 8.24 Å². The molecule has 2 aliphatic rings. The molecule has 0 amide bonds. The van der Waals surface area contributed by atoms with Gasteiger partial charge in [-0.15, -0.1) is 0 Å². The van der Waals surface area contributed by atoms with E-state index in [1.165, 1.54) is 17.1 Å². The Hall–Kier alpha value is 0.0369. The minimum Gasteiger partial charge on any atom is -0.376 e. The number of thioether (sulfide) groups is 1. The lowest BCUT2D eigenvalue weighted by Crippen LogP contribution is -2.46. The topological polar surface area (TPSA) is 15.6 Å². The maximum absolute atomic E-state index is 4.43. The summed E-state index contributed by atoms with van der Waals surface area (Å²) in [6.45, 7) is 7.09. The van der Waals surface area contributed by atoms with E-state index in [-0.39, 0.29) is 0 Å². The van der Waals surface area contributed by atoms with E-state index in [2.05, 4.69) is 22.7 Å². The number of nitrogens with zero attached hydrogens (tertiary/aromatic N) is 2. The van der Waals surface area contributed by atoms with Crippen LogP contribution in [0.3, 0.4) is 0 Å². The largest absolute Gasteiger partial charge is 0.376 e. The van der Waals surface area contributed by atoms with Crippen molar-refractivity contribution in [2.45, 2.75) is 13.1 Å². The molecule has 1 fully saturated rings. The van der Waals surface area contributed by atoms with Crippen LogP contribution in [-0.2, 0) is 0 Å². The molecule has 2 heterocycles. The summed E-state index contributed by atoms with van der Waals surface area (Å²) in [5.74, 6) is 0. The van der Waals surface area contributed by atoms with E-state index >= 15 is 0 Å². The Morgan fingerprint density at radius 3 is 3.10 bits per heavy atom. The number of rotatable bonds is 0. The lowest BCUT2D eigenvalue weighted by atomic mass is 10.7. The van der Waals surface area contributed by atoms with Gasteiger partial charge >= 0.3 is 0 Å². The van der Waals surface area contributed by atoms with E-state index in [9.17, 15) is 0 Å². The maximum atomic E-state index is 4.43. The summed E-state index contributed by atoms with van der Waals surface area (Å²) in [7, 11) is -1.00. The Balaban J connectivity index is 2.27. The first-order valence-electron chi connectivity index (χ1n) is 3.65. The highest BCUT2D eigenvalue weighted by atomic mass is 32.2. The molecule has 4 heteroatoms. The summed E-state index contributed by atoms with van der Waals surface area (Å²) in [4.78, 5) is 4.43. The van der Waals surface area contributed by atoms with Crippen LogP contribution in [0.15, 0.2) is 4.99 Å². The predicted molar refractivity (Wildman–Crippen MR) is 48.9 cm³/mol. The van der Waals surface area contributed by atoms with Crippen LogP contribution in [0.4, 0.5) is 0 Å². The van der Waals surface area contributed by atoms with Crippen molar-refractivity contribution in [1.29, 1.82) is 0 Å². The van der Waals surface area contributed by atoms with E-state index in [4.69, 9.17) is 0 Å². The highest BCUT2D eigenvalue weighted by Gasteiger charge is 2.40. The molecule has 0 aromatic rings. The molecule has 0 aromatic heterocycles. The fraction of sp³-hybridized carbons (Fsp3) is 0.833. The molecule has 56 valence electrons. The van der Waals surface area contributed by atoms with Crippen LogP contribution in [0, 0.1) is 0 Å². The quantitative estimate of drug-likeness (QED) is 0.509. The molecule has 0 N–H and O–H groups in total. The van der Waals surface area contributed by atoms with Crippen molar-refractivity contribution < 1.29 is 0 Å². The summed E-state index contributed by atoms with van der Waals surface area (Å²) in [5, 5.41) is 2.67. The van der Waals surface area contributed by atoms with Crippen LogP contribution in [0.5, 0.6) is 0 Å². The van der Waals surface area contributed by atoms with E-state index in [1.807, 2.05) is 11.8 Å². The highest BCUT2D eigenvalue weighted by molar-refractivity contribution is 8.16. The Kier molecular flexibility index (Phi) is 1.35. The van der Waals surface area contributed by atoms with Gasteiger partial charge in [0.15, 0.2) is 13.4 Å². The number of hydrogen-bond donors (Lipinski definition) is 0. The third-order valence-electron chi connectivity index (χ3n) is 2.09. The average Bonchev–Trinajstić information content (AvgIpc) is 2.36. The van der Waals surface area contributed by atoms with Crippen LogP contribution in [0.2, 0.25) is 13.1 Å². The first-order valence-corrected chi connectivity index (χ1v) is 7.79. The Morgan fingerprint density at radius 1 is 1.60 bits per heavy atom. The first-order chi connectivity index (χ1) is 4.70. The number of amidine groups is 1. The molecular formula is C6H12N2SSi. The molecule has 0 aliphatic carbocycles. The summed E-state index contributed by atoms with van der Waals surface area (Å²) < 4.78 is 2.55. The average molecular weight is 172 g/mol. The van der Waals surface area contributed by atoms with Crippen LogP contribution in [0.1, 0.15) is 0 Å². The first kappa shape index (κ1) is 6.73. The van der Waals surface area contributed by atoms with Gasteiger partial charge in [-0.2, -0.15) is 0 Å². The minimum absolute atomic E-state index is 1.00. The van der Waals surface area contributed by atoms with Crippen molar-refractivity contribution in [2.75, 3.05) is 18.5 Å². The second-order valence-corrected chi connectivity index (χ2v) is 9.39. The molecule has 2 nitrogen and oxygen atoms in total. The smallest absolute Gasteiger partial charge is 0.163 e. The van der Waals surface area contributed by atoms with E-state index in [1.54, 1.807) is 0 Å². The standard InChI is InChI=1S/C6H12N2SSi/c1-10(2)5-9-6-7-3-4-8(6)10/h3-5H2,1-2H3. The molecular weight excluding hydrogens is 160 g/mol. The fourth-order valence-electron chi connectivity index (χ4n) is 1.43. The van der Waals surface area contributed by atoms with E-state index in [0.29, 0.717) is 0 Å². The van der Waals surface area contributed by atoms with Gasteiger partial charge in [0.1, 0.15) is 0 Å². The number of fused-ring (bicyclic) bond motifs is 1. The second kappa shape index (κ2) is 2.01. The Morgan fingerprint density at radius 2 is 2.40 bits per heavy atom. The zero-order valence-electron chi connectivity index (χ0n) is 6.42. The normalized spacial score (nSPS) is 28.6. The van der Waals surface area contributed by atoms with Gasteiger partial charge in [-0.05, 0) is 0 Å². The molecule has 0 atom stereocenters. The van der Waals surface area contributed by atoms with Crippen LogP contribution < -0.4 is 0 Å². The summed E-state index contributed by atoms with van der Waals surface area (Å²) in [5.41, 5.74) is 0. The molecule has 0 aromatic carbocycles. The summed E-state index contributed by atoms with van der Waals surface area (Å²) in [6.07, 6.45) is 0. The number of hydrogen-bond acceptors (Lipinski definition) is 3. The van der Waals surface area contributed by atoms with Gasteiger partial charge in [0.2, 0.25) is 0 Å². The van der Waals surface area contributed by atoms with Crippen LogP contribution >= 0.6 is 11.8 Å². The van der Waals surface area contributed by atoms with Gasteiger partial charge < -0.3 is 4.57 Å². The lowest BCUT2D eigenvalue weighted by Gasteiger charge is -2.26. The molecule has 0 bridgehead atoms. The zero-order valence-corrected chi connectivity index (χ0v) is 8.24. The minimum atomic E-state index is -1.00. The monoisotopic (exact) mass is 172 g/mol. The van der Waals surface area contributed by atoms with Gasteiger partial charge in [-0.1, -0.05) is 24.9 Å². The summed E-state index contributed by atoms with van der Waals surface area (Å²) in [6, 6.07) is 0. The fourth-order valence-corrected chi connectivity index (χ4v) is 6.64. The Bertz CT molecular complexity index is 190. The molecule has 0 spiro atoms. The maximum Gasteiger partial charge on any atom is 0.163 e. The van der Waals surface area contributed by atoms with Crippen molar-refractivity contribution in [3.63, 3.8) is 0 Å². The molecule has 10 heavy (non-hydrogen) atoms. The summed E-state index contributed by atoms with van der Waals surface area (Å²) >= 11 is 1.96. The van der Waals surface area contributed by atoms with Crippen molar-refractivity contribution in [3.8, 4) is 0 Å². The molecule has 1 saturated heterocycles. The van der Waals surface area contributed by atoms with Crippen molar-refractivity contribution >= 4 is 25.2 Å². The molecule has 0 saturated carbocycles. The molecule has 2 rings (SSSR count). The van der Waals surface area contributed by atoms with Crippen LogP contribution in [0.25, 0.3) is 0 Å². The van der Waals surface area contributed by atoms with Gasteiger partial charge in [0.25, 0.3) is 0 Å². The third-order valence-corrected chi connectivity index (χ3v) is 8.16. The van der Waals surface area contributed by atoms with E-state index in [0.717, 1.165) is 6.54 Å². The molecule has 2 aliphatic heterocycles. The van der Waals surface area contributed by atoms with Crippen molar-refractivity contribution in [2.24, 2.45) is 4.99 Å². The van der Waals surface area contributed by atoms with Gasteiger partial charge in [-0.25, -0.2) is 0 Å². The van der Waals surface area contributed by atoms with Crippen LogP contribution in [-0.4, -0.2) is 36.4 Å². The third kappa shape index (κ3) is 0.819. The predicted octanol–water partition coefficient (Wildman–Crippen LogP) is 1.15. The lowest BCUT2D eigenvalue weighted by molar-refractivity contribution is 0.681.